The van der Waals surface area contributed by atoms with Crippen LogP contribution in [0.15, 0.2) is 18.2 Å². The second kappa shape index (κ2) is 3.92. The van der Waals surface area contributed by atoms with Gasteiger partial charge in [-0.25, -0.2) is 4.39 Å². The Kier molecular flexibility index (Phi) is 2.40. The third kappa shape index (κ3) is 1.62. The van der Waals surface area contributed by atoms with Crippen molar-refractivity contribution in [3.05, 3.63) is 29.6 Å². The molecule has 3 aliphatic carbocycles. The van der Waals surface area contributed by atoms with Gasteiger partial charge in [-0.1, -0.05) is 18.3 Å². The van der Waals surface area contributed by atoms with Crippen molar-refractivity contribution >= 4 is 22.9 Å². The fourth-order valence-electron chi connectivity index (χ4n) is 4.59. The highest BCUT2D eigenvalue weighted by Crippen LogP contribution is 2.66. The normalized spacial score (nSPS) is 38.1. The minimum atomic E-state index is -0.328. The first kappa shape index (κ1) is 11.6. The van der Waals surface area contributed by atoms with Gasteiger partial charge in [-0.3, -0.25) is 0 Å². The zero-order valence-electron chi connectivity index (χ0n) is 10.6. The number of fused-ring (bicyclic) bond motifs is 5. The smallest absolute Gasteiger partial charge is 0.135 e. The summed E-state index contributed by atoms with van der Waals surface area (Å²) in [6.07, 6.45) is 4.18. The molecule has 0 aromatic heterocycles. The molecular weight excluding hydrogens is 259 g/mol. The van der Waals surface area contributed by atoms with E-state index in [0.29, 0.717) is 11.6 Å². The Balaban J connectivity index is 1.59. The summed E-state index contributed by atoms with van der Waals surface area (Å²) in [5.74, 6) is 3.08. The molecule has 100 valence electrons. The van der Waals surface area contributed by atoms with E-state index in [2.05, 4.69) is 5.32 Å². The average Bonchev–Trinajstić information content (AvgIpc) is 2.78. The molecule has 4 atom stereocenters. The number of halogens is 1. The van der Waals surface area contributed by atoms with E-state index >= 15 is 0 Å². The van der Waals surface area contributed by atoms with Gasteiger partial charge in [0.15, 0.2) is 0 Å². The van der Waals surface area contributed by atoms with Gasteiger partial charge in [-0.15, -0.1) is 0 Å². The Hall–Kier alpha value is -1.16. The van der Waals surface area contributed by atoms with Crippen LogP contribution in [0.1, 0.15) is 24.8 Å². The molecule has 1 aromatic carbocycles. The topological polar surface area (TPSA) is 38.0 Å². The molecule has 2 nitrogen and oxygen atoms in total. The fourth-order valence-corrected chi connectivity index (χ4v) is 4.80. The molecule has 4 rings (SSSR count). The third-order valence-electron chi connectivity index (χ3n) is 5.32. The maximum atomic E-state index is 13.8. The third-order valence-corrected chi connectivity index (χ3v) is 5.52. The van der Waals surface area contributed by atoms with E-state index in [1.54, 1.807) is 6.07 Å². The summed E-state index contributed by atoms with van der Waals surface area (Å²) in [6, 6.07) is 5.53. The van der Waals surface area contributed by atoms with Crippen LogP contribution in [0.5, 0.6) is 0 Å². The van der Waals surface area contributed by atoms with Crippen molar-refractivity contribution in [2.75, 3.05) is 5.32 Å². The predicted octanol–water partition coefficient (Wildman–Crippen LogP) is 2.92. The average molecular weight is 276 g/mol. The number of nitrogens with one attached hydrogen (secondary N) is 1. The summed E-state index contributed by atoms with van der Waals surface area (Å²) < 4.78 is 13.8. The van der Waals surface area contributed by atoms with Gasteiger partial charge >= 0.3 is 0 Å². The van der Waals surface area contributed by atoms with E-state index in [4.69, 9.17) is 18.0 Å². The molecule has 0 spiro atoms. The van der Waals surface area contributed by atoms with Crippen molar-refractivity contribution in [2.45, 2.75) is 25.3 Å². The molecule has 4 heteroatoms. The highest BCUT2D eigenvalue weighted by Gasteiger charge is 2.65. The Morgan fingerprint density at radius 2 is 1.95 bits per heavy atom. The number of hydrogen-bond donors (Lipinski definition) is 2. The minimum Gasteiger partial charge on any atom is -0.389 e. The van der Waals surface area contributed by atoms with Crippen LogP contribution >= 0.6 is 12.2 Å². The van der Waals surface area contributed by atoms with Crippen LogP contribution in [-0.2, 0) is 0 Å². The molecule has 19 heavy (non-hydrogen) atoms. The Morgan fingerprint density at radius 3 is 2.58 bits per heavy atom. The molecule has 0 amide bonds. The number of thiocarbonyl (C=S) groups is 1. The highest BCUT2D eigenvalue weighted by atomic mass is 32.1. The van der Waals surface area contributed by atoms with Gasteiger partial charge in [-0.05, 0) is 55.1 Å². The van der Waals surface area contributed by atoms with E-state index in [-0.39, 0.29) is 10.8 Å². The van der Waals surface area contributed by atoms with Crippen molar-refractivity contribution in [3.63, 3.8) is 0 Å². The van der Waals surface area contributed by atoms with E-state index in [1.165, 1.54) is 25.3 Å². The number of rotatable bonds is 3. The SMILES string of the molecule is NC(=S)c1c(F)cccc1NC1C2C3CCC(C3)C12. The van der Waals surface area contributed by atoms with Gasteiger partial charge in [0.25, 0.3) is 0 Å². The zero-order chi connectivity index (χ0) is 13.1. The lowest BCUT2D eigenvalue weighted by atomic mass is 10.0. The summed E-state index contributed by atoms with van der Waals surface area (Å²) in [7, 11) is 0. The van der Waals surface area contributed by atoms with E-state index < -0.39 is 0 Å². The van der Waals surface area contributed by atoms with E-state index in [0.717, 1.165) is 29.4 Å². The minimum absolute atomic E-state index is 0.134. The lowest BCUT2D eigenvalue weighted by Crippen LogP contribution is -2.19. The van der Waals surface area contributed by atoms with Crippen LogP contribution in [0.2, 0.25) is 0 Å². The lowest BCUT2D eigenvalue weighted by Gasteiger charge is -2.15. The molecule has 0 heterocycles. The fraction of sp³-hybridized carbons (Fsp3) is 0.533. The first-order valence-electron chi connectivity index (χ1n) is 7.01. The molecule has 0 radical (unpaired) electrons. The van der Waals surface area contributed by atoms with Crippen LogP contribution in [0, 0.1) is 29.5 Å². The van der Waals surface area contributed by atoms with Crippen LogP contribution in [-0.4, -0.2) is 11.0 Å². The molecule has 2 bridgehead atoms. The summed E-state index contributed by atoms with van der Waals surface area (Å²) in [6.45, 7) is 0. The molecule has 3 fully saturated rings. The number of benzene rings is 1. The molecule has 3 saturated carbocycles. The maximum absolute atomic E-state index is 13.8. The molecule has 0 aliphatic heterocycles. The standard InChI is InChI=1S/C15H17FN2S/c16-9-2-1-3-10(13(9)15(17)19)18-14-11-7-4-5-8(6-7)12(11)14/h1-3,7-8,11-12,14,18H,4-6H2,(H2,17,19). The first-order valence-corrected chi connectivity index (χ1v) is 7.42. The van der Waals surface area contributed by atoms with Crippen molar-refractivity contribution < 1.29 is 4.39 Å². The van der Waals surface area contributed by atoms with Gasteiger partial charge in [0.05, 0.1) is 5.56 Å². The Labute approximate surface area is 117 Å². The van der Waals surface area contributed by atoms with Gasteiger partial charge in [0.1, 0.15) is 10.8 Å². The van der Waals surface area contributed by atoms with Crippen molar-refractivity contribution in [3.8, 4) is 0 Å². The Morgan fingerprint density at radius 1 is 1.26 bits per heavy atom. The second-order valence-electron chi connectivity index (χ2n) is 6.18. The summed E-state index contributed by atoms with van der Waals surface area (Å²) in [4.78, 5) is 0.134. The summed E-state index contributed by atoms with van der Waals surface area (Å²) in [5.41, 5.74) is 6.79. The van der Waals surface area contributed by atoms with Gasteiger partial charge in [0.2, 0.25) is 0 Å². The molecule has 0 saturated heterocycles. The monoisotopic (exact) mass is 276 g/mol. The number of hydrogen-bond acceptors (Lipinski definition) is 2. The molecule has 1 aromatic rings. The van der Waals surface area contributed by atoms with Crippen LogP contribution in [0.3, 0.4) is 0 Å². The number of anilines is 1. The number of nitrogens with two attached hydrogens (primary N) is 1. The molecular formula is C15H17FN2S. The summed E-state index contributed by atoms with van der Waals surface area (Å²) >= 11 is 4.97. The zero-order valence-corrected chi connectivity index (χ0v) is 11.4. The van der Waals surface area contributed by atoms with Crippen molar-refractivity contribution in [1.82, 2.24) is 0 Å². The van der Waals surface area contributed by atoms with E-state index in [1.807, 2.05) is 6.07 Å². The largest absolute Gasteiger partial charge is 0.389 e. The first-order chi connectivity index (χ1) is 9.16. The maximum Gasteiger partial charge on any atom is 0.135 e. The van der Waals surface area contributed by atoms with Crippen molar-refractivity contribution in [2.24, 2.45) is 29.4 Å². The molecule has 4 unspecified atom stereocenters. The van der Waals surface area contributed by atoms with Crippen LogP contribution < -0.4 is 11.1 Å². The second-order valence-corrected chi connectivity index (χ2v) is 6.62. The quantitative estimate of drug-likeness (QED) is 0.834. The van der Waals surface area contributed by atoms with E-state index in [9.17, 15) is 4.39 Å². The van der Waals surface area contributed by atoms with Crippen LogP contribution in [0.4, 0.5) is 10.1 Å². The predicted molar refractivity (Wildman–Crippen MR) is 77.5 cm³/mol. The van der Waals surface area contributed by atoms with Crippen LogP contribution in [0.25, 0.3) is 0 Å². The van der Waals surface area contributed by atoms with Gasteiger partial charge in [0, 0.05) is 11.7 Å². The summed E-state index contributed by atoms with van der Waals surface area (Å²) in [5, 5.41) is 3.50. The molecule has 3 N–H and O–H groups in total. The van der Waals surface area contributed by atoms with Crippen molar-refractivity contribution in [1.29, 1.82) is 0 Å². The highest BCUT2D eigenvalue weighted by molar-refractivity contribution is 7.80. The molecule has 3 aliphatic rings. The van der Waals surface area contributed by atoms with Gasteiger partial charge in [-0.2, -0.15) is 0 Å². The van der Waals surface area contributed by atoms with Gasteiger partial charge < -0.3 is 11.1 Å². The lowest BCUT2D eigenvalue weighted by molar-refractivity contribution is 0.456. The Bertz CT molecular complexity index is 543.